The molecule has 1 N–H and O–H groups in total. The number of rotatable bonds is 3. The Labute approximate surface area is 104 Å². The highest BCUT2D eigenvalue weighted by Crippen LogP contribution is 2.38. The number of aliphatic hydroxyl groups is 1. The minimum absolute atomic E-state index is 0.312. The standard InChI is InChI=1S/C14H24O3/c1-9(2)11-6-7-14(5,8-12(11)15)17-13(16)10(3)4/h9,11-12,15H,3,6-8H2,1-2,4-5H3/t11-,12+,14+/m0/s1. The molecule has 0 heterocycles. The van der Waals surface area contributed by atoms with E-state index < -0.39 is 5.60 Å². The number of ether oxygens (including phenoxy) is 1. The highest BCUT2D eigenvalue weighted by Gasteiger charge is 2.40. The van der Waals surface area contributed by atoms with Crippen LogP contribution in [0.15, 0.2) is 12.2 Å². The lowest BCUT2D eigenvalue weighted by Gasteiger charge is -2.41. The molecule has 0 amide bonds. The maximum atomic E-state index is 11.5. The molecule has 3 atom stereocenters. The van der Waals surface area contributed by atoms with Crippen LogP contribution in [0, 0.1) is 11.8 Å². The molecule has 1 fully saturated rings. The van der Waals surface area contributed by atoms with Gasteiger partial charge in [-0.3, -0.25) is 0 Å². The molecule has 1 aliphatic carbocycles. The first-order chi connectivity index (χ1) is 7.75. The van der Waals surface area contributed by atoms with E-state index in [1.54, 1.807) is 6.92 Å². The lowest BCUT2D eigenvalue weighted by Crippen LogP contribution is -2.44. The summed E-state index contributed by atoms with van der Waals surface area (Å²) in [4.78, 5) is 11.5. The molecular weight excluding hydrogens is 216 g/mol. The number of hydrogen-bond donors (Lipinski definition) is 1. The predicted molar refractivity (Wildman–Crippen MR) is 67.5 cm³/mol. The molecule has 0 bridgehead atoms. The van der Waals surface area contributed by atoms with Crippen molar-refractivity contribution in [3.05, 3.63) is 12.2 Å². The van der Waals surface area contributed by atoms with Gasteiger partial charge in [0.2, 0.25) is 0 Å². The molecule has 0 spiro atoms. The first kappa shape index (κ1) is 14.2. The molecular formula is C14H24O3. The quantitative estimate of drug-likeness (QED) is 0.609. The zero-order valence-electron chi connectivity index (χ0n) is 11.3. The Balaban J connectivity index is 2.63. The van der Waals surface area contributed by atoms with Gasteiger partial charge in [-0.2, -0.15) is 0 Å². The fraction of sp³-hybridized carbons (Fsp3) is 0.786. The number of carbonyl (C=O) groups excluding carboxylic acids is 1. The molecule has 1 saturated carbocycles. The van der Waals surface area contributed by atoms with Gasteiger partial charge in [0.1, 0.15) is 5.60 Å². The molecule has 0 aliphatic heterocycles. The lowest BCUT2D eigenvalue weighted by molar-refractivity contribution is -0.163. The summed E-state index contributed by atoms with van der Waals surface area (Å²) in [6, 6.07) is 0. The van der Waals surface area contributed by atoms with Crippen LogP contribution in [0.1, 0.15) is 47.0 Å². The largest absolute Gasteiger partial charge is 0.456 e. The summed E-state index contributed by atoms with van der Waals surface area (Å²) in [5.74, 6) is 0.417. The van der Waals surface area contributed by atoms with E-state index in [9.17, 15) is 9.90 Å². The smallest absolute Gasteiger partial charge is 0.333 e. The van der Waals surface area contributed by atoms with Crippen molar-refractivity contribution in [3.63, 3.8) is 0 Å². The van der Waals surface area contributed by atoms with Crippen LogP contribution >= 0.6 is 0 Å². The summed E-state index contributed by atoms with van der Waals surface area (Å²) in [7, 11) is 0. The van der Waals surface area contributed by atoms with E-state index in [1.165, 1.54) is 0 Å². The third-order valence-corrected chi connectivity index (χ3v) is 3.69. The van der Waals surface area contributed by atoms with Crippen molar-refractivity contribution in [2.45, 2.75) is 58.7 Å². The van der Waals surface area contributed by atoms with Gasteiger partial charge >= 0.3 is 5.97 Å². The van der Waals surface area contributed by atoms with Gasteiger partial charge in [0.05, 0.1) is 6.10 Å². The zero-order chi connectivity index (χ0) is 13.2. The highest BCUT2D eigenvalue weighted by atomic mass is 16.6. The van der Waals surface area contributed by atoms with E-state index in [-0.39, 0.29) is 12.1 Å². The Bertz CT molecular complexity index is 309. The number of hydrogen-bond acceptors (Lipinski definition) is 3. The van der Waals surface area contributed by atoms with Crippen LogP contribution in [-0.2, 0) is 9.53 Å². The molecule has 98 valence electrons. The third-order valence-electron chi connectivity index (χ3n) is 3.69. The maximum Gasteiger partial charge on any atom is 0.333 e. The third kappa shape index (κ3) is 3.56. The van der Waals surface area contributed by atoms with Gasteiger partial charge in [-0.15, -0.1) is 0 Å². The van der Waals surface area contributed by atoms with Crippen molar-refractivity contribution in [3.8, 4) is 0 Å². The summed E-state index contributed by atoms with van der Waals surface area (Å²) in [6.07, 6.45) is 1.85. The van der Waals surface area contributed by atoms with Gasteiger partial charge in [-0.1, -0.05) is 20.4 Å². The zero-order valence-corrected chi connectivity index (χ0v) is 11.3. The minimum atomic E-state index is -0.541. The number of carbonyl (C=O) groups is 1. The molecule has 0 unspecified atom stereocenters. The second-order valence-electron chi connectivity index (χ2n) is 5.84. The lowest BCUT2D eigenvalue weighted by atomic mass is 9.73. The van der Waals surface area contributed by atoms with Crippen LogP contribution in [0.4, 0.5) is 0 Å². The Hall–Kier alpha value is -0.830. The summed E-state index contributed by atoms with van der Waals surface area (Å²) >= 11 is 0. The van der Waals surface area contributed by atoms with Crippen LogP contribution in [0.5, 0.6) is 0 Å². The second-order valence-corrected chi connectivity index (χ2v) is 5.84. The van der Waals surface area contributed by atoms with E-state index in [2.05, 4.69) is 20.4 Å². The van der Waals surface area contributed by atoms with Crippen molar-refractivity contribution in [1.82, 2.24) is 0 Å². The van der Waals surface area contributed by atoms with Crippen molar-refractivity contribution in [2.75, 3.05) is 0 Å². The molecule has 0 saturated heterocycles. The number of esters is 1. The fourth-order valence-electron chi connectivity index (χ4n) is 2.54. The fourth-order valence-corrected chi connectivity index (χ4v) is 2.54. The van der Waals surface area contributed by atoms with E-state index in [4.69, 9.17) is 4.74 Å². The molecule has 3 nitrogen and oxygen atoms in total. The average molecular weight is 240 g/mol. The summed E-state index contributed by atoms with van der Waals surface area (Å²) in [5, 5.41) is 10.1. The van der Waals surface area contributed by atoms with Gasteiger partial charge in [0.25, 0.3) is 0 Å². The summed E-state index contributed by atoms with van der Waals surface area (Å²) in [5.41, 5.74) is -0.132. The maximum absolute atomic E-state index is 11.5. The van der Waals surface area contributed by atoms with E-state index in [1.807, 2.05) is 6.92 Å². The van der Waals surface area contributed by atoms with Crippen LogP contribution in [0.2, 0.25) is 0 Å². The Kier molecular flexibility index (Phi) is 4.36. The average Bonchev–Trinajstić information content (AvgIpc) is 2.15. The van der Waals surface area contributed by atoms with Crippen LogP contribution in [-0.4, -0.2) is 22.8 Å². The molecule has 3 heteroatoms. The highest BCUT2D eigenvalue weighted by molar-refractivity contribution is 5.87. The van der Waals surface area contributed by atoms with Gasteiger partial charge in [-0.05, 0) is 38.5 Å². The first-order valence-corrected chi connectivity index (χ1v) is 6.32. The monoisotopic (exact) mass is 240 g/mol. The van der Waals surface area contributed by atoms with E-state index >= 15 is 0 Å². The Morgan fingerprint density at radius 1 is 1.53 bits per heavy atom. The molecule has 1 rings (SSSR count). The van der Waals surface area contributed by atoms with Crippen molar-refractivity contribution in [2.24, 2.45) is 11.8 Å². The summed E-state index contributed by atoms with van der Waals surface area (Å²) in [6.45, 7) is 11.4. The molecule has 0 radical (unpaired) electrons. The van der Waals surface area contributed by atoms with Crippen molar-refractivity contribution in [1.29, 1.82) is 0 Å². The normalized spacial score (nSPS) is 33.5. The van der Waals surface area contributed by atoms with Gasteiger partial charge in [0.15, 0.2) is 0 Å². The predicted octanol–water partition coefficient (Wildman–Crippen LogP) is 2.68. The van der Waals surface area contributed by atoms with E-state index in [0.717, 1.165) is 12.8 Å². The van der Waals surface area contributed by atoms with Crippen LogP contribution in [0.3, 0.4) is 0 Å². The van der Waals surface area contributed by atoms with Crippen molar-refractivity contribution >= 4 is 5.97 Å². The van der Waals surface area contributed by atoms with Crippen LogP contribution in [0.25, 0.3) is 0 Å². The Morgan fingerprint density at radius 2 is 2.12 bits per heavy atom. The van der Waals surface area contributed by atoms with Crippen molar-refractivity contribution < 1.29 is 14.6 Å². The molecule has 0 aromatic carbocycles. The molecule has 0 aromatic heterocycles. The minimum Gasteiger partial charge on any atom is -0.456 e. The van der Waals surface area contributed by atoms with Gasteiger partial charge in [-0.25, -0.2) is 4.79 Å². The first-order valence-electron chi connectivity index (χ1n) is 6.32. The Morgan fingerprint density at radius 3 is 2.53 bits per heavy atom. The van der Waals surface area contributed by atoms with Gasteiger partial charge in [0, 0.05) is 12.0 Å². The van der Waals surface area contributed by atoms with Gasteiger partial charge < -0.3 is 9.84 Å². The van der Waals surface area contributed by atoms with E-state index in [0.29, 0.717) is 23.8 Å². The topological polar surface area (TPSA) is 46.5 Å². The summed E-state index contributed by atoms with van der Waals surface area (Å²) < 4.78 is 5.44. The number of aliphatic hydroxyl groups excluding tert-OH is 1. The SMILES string of the molecule is C=C(C)C(=O)O[C@]1(C)CC[C@@H](C(C)C)[C@H](O)C1. The molecule has 17 heavy (non-hydrogen) atoms. The molecule has 1 aliphatic rings. The second kappa shape index (κ2) is 5.21. The van der Waals surface area contributed by atoms with Crippen LogP contribution < -0.4 is 0 Å². The molecule has 0 aromatic rings.